The van der Waals surface area contributed by atoms with E-state index >= 15 is 4.39 Å². The van der Waals surface area contributed by atoms with Crippen molar-refractivity contribution in [3.8, 4) is 23.7 Å². The standard InChI is InChI=1S/C40H25F7N10O2/c41-32-16-15-28(39(42,43)44)19-34(32)55-38(59)57(30-8-4-6-25(18-30)12-14-27-22-52-36(49)53-23-27)56(37(58)54-33-10-2-1-9-31(33)40(45,46)47)29-7-3-5-24(17-29)11-13-26-20-50-35(48)51-21-26/h1-10,15-23H,(H,54,58)(H,55,59)(H2,48,50,51)(H2,49,52,53). The zero-order valence-corrected chi connectivity index (χ0v) is 29.8. The van der Waals surface area contributed by atoms with E-state index in [1.807, 2.05) is 0 Å². The molecule has 59 heavy (non-hydrogen) atoms. The molecule has 0 aliphatic heterocycles. The van der Waals surface area contributed by atoms with Gasteiger partial charge in [0, 0.05) is 35.9 Å². The molecule has 4 amide bonds. The van der Waals surface area contributed by atoms with Gasteiger partial charge in [0.2, 0.25) is 11.9 Å². The van der Waals surface area contributed by atoms with Crippen LogP contribution in [0, 0.1) is 29.5 Å². The first-order valence-corrected chi connectivity index (χ1v) is 16.7. The van der Waals surface area contributed by atoms with Crippen LogP contribution in [0.3, 0.4) is 0 Å². The zero-order valence-electron chi connectivity index (χ0n) is 29.8. The van der Waals surface area contributed by atoms with Gasteiger partial charge in [0.1, 0.15) is 5.82 Å². The average Bonchev–Trinajstić information content (AvgIpc) is 3.19. The second-order valence-electron chi connectivity index (χ2n) is 12.0. The fourth-order valence-corrected chi connectivity index (χ4v) is 5.14. The van der Waals surface area contributed by atoms with Crippen LogP contribution < -0.4 is 32.1 Å². The van der Waals surface area contributed by atoms with Crippen molar-refractivity contribution in [2.24, 2.45) is 0 Å². The van der Waals surface area contributed by atoms with E-state index in [1.165, 1.54) is 79.4 Å². The number of benzene rings is 4. The molecule has 0 spiro atoms. The first-order chi connectivity index (χ1) is 28.0. The Bertz CT molecular complexity index is 2650. The number of urea groups is 2. The van der Waals surface area contributed by atoms with Crippen LogP contribution in [-0.2, 0) is 12.4 Å². The second kappa shape index (κ2) is 16.9. The number of nitrogens with zero attached hydrogens (tertiary/aromatic N) is 6. The van der Waals surface area contributed by atoms with Crippen LogP contribution in [0.25, 0.3) is 0 Å². The van der Waals surface area contributed by atoms with Crippen LogP contribution in [0.5, 0.6) is 0 Å². The number of anilines is 6. The Morgan fingerprint density at radius 2 is 1.00 bits per heavy atom. The number of nitrogens with one attached hydrogen (secondary N) is 2. The summed E-state index contributed by atoms with van der Waals surface area (Å²) in [4.78, 5) is 44.3. The van der Waals surface area contributed by atoms with Gasteiger partial charge in [0.15, 0.2) is 0 Å². The highest BCUT2D eigenvalue weighted by molar-refractivity contribution is 6.13. The minimum atomic E-state index is -4.95. The monoisotopic (exact) mass is 810 g/mol. The SMILES string of the molecule is Nc1ncc(C#Cc2cccc(N(C(=O)Nc3cc(C(F)(F)F)ccc3F)N(C(=O)Nc3ccccc3C(F)(F)F)c3cccc(C#Cc4cnc(N)nc4)c3)c2)cn1. The lowest BCUT2D eigenvalue weighted by Crippen LogP contribution is -2.54. The Morgan fingerprint density at radius 1 is 0.542 bits per heavy atom. The maximum atomic E-state index is 15.1. The maximum Gasteiger partial charge on any atom is 0.418 e. The van der Waals surface area contributed by atoms with Crippen molar-refractivity contribution in [3.63, 3.8) is 0 Å². The molecule has 0 aliphatic rings. The van der Waals surface area contributed by atoms with Gasteiger partial charge in [0.05, 0.1) is 45.0 Å². The summed E-state index contributed by atoms with van der Waals surface area (Å²) in [7, 11) is 0. The van der Waals surface area contributed by atoms with Crippen LogP contribution in [0.4, 0.5) is 75.0 Å². The molecule has 0 aliphatic carbocycles. The van der Waals surface area contributed by atoms with E-state index in [-0.39, 0.29) is 34.4 Å². The quantitative estimate of drug-likeness (QED) is 0.0787. The van der Waals surface area contributed by atoms with E-state index in [0.717, 1.165) is 12.1 Å². The molecule has 2 heterocycles. The van der Waals surface area contributed by atoms with Crippen LogP contribution in [0.1, 0.15) is 33.4 Å². The molecule has 296 valence electrons. The lowest BCUT2D eigenvalue weighted by molar-refractivity contribution is -0.138. The van der Waals surface area contributed by atoms with Crippen molar-refractivity contribution >= 4 is 46.7 Å². The Labute approximate surface area is 329 Å². The molecule has 0 bridgehead atoms. The Hall–Kier alpha value is -8.19. The third kappa shape index (κ3) is 10.2. The molecule has 0 radical (unpaired) electrons. The highest BCUT2D eigenvalue weighted by Gasteiger charge is 2.36. The fraction of sp³-hybridized carbons (Fsp3) is 0.0500. The largest absolute Gasteiger partial charge is 0.418 e. The molecule has 6 N–H and O–H groups in total. The number of alkyl halides is 6. The van der Waals surface area contributed by atoms with E-state index in [4.69, 9.17) is 11.5 Å². The number of hydrogen-bond donors (Lipinski definition) is 4. The minimum Gasteiger partial charge on any atom is -0.368 e. The number of para-hydroxylation sites is 1. The first kappa shape index (κ1) is 40.5. The van der Waals surface area contributed by atoms with Crippen molar-refractivity contribution in [1.82, 2.24) is 19.9 Å². The number of carbonyl (C=O) groups excluding carboxylic acids is 2. The molecule has 6 rings (SSSR count). The van der Waals surface area contributed by atoms with E-state index < -0.39 is 52.7 Å². The van der Waals surface area contributed by atoms with Gasteiger partial charge in [-0.15, -0.1) is 0 Å². The average molecular weight is 811 g/mol. The smallest absolute Gasteiger partial charge is 0.368 e. The molecule has 2 aromatic heterocycles. The number of amides is 4. The van der Waals surface area contributed by atoms with Gasteiger partial charge in [-0.2, -0.15) is 36.4 Å². The van der Waals surface area contributed by atoms with Gasteiger partial charge in [-0.25, -0.2) is 33.9 Å². The summed E-state index contributed by atoms with van der Waals surface area (Å²) in [6, 6.07) is 13.4. The van der Waals surface area contributed by atoms with Gasteiger partial charge in [-0.3, -0.25) is 0 Å². The molecule has 0 atom stereocenters. The van der Waals surface area contributed by atoms with Crippen LogP contribution >= 0.6 is 0 Å². The third-order valence-corrected chi connectivity index (χ3v) is 7.82. The molecule has 6 aromatic rings. The number of nitrogens with two attached hydrogens (primary N) is 2. The van der Waals surface area contributed by atoms with E-state index in [9.17, 15) is 35.9 Å². The second-order valence-corrected chi connectivity index (χ2v) is 12.0. The maximum absolute atomic E-state index is 15.1. The molecule has 0 saturated heterocycles. The molecule has 4 aromatic carbocycles. The van der Waals surface area contributed by atoms with Gasteiger partial charge < -0.3 is 22.1 Å². The number of hydrogen-bond acceptors (Lipinski definition) is 8. The van der Waals surface area contributed by atoms with Crippen molar-refractivity contribution in [2.45, 2.75) is 12.4 Å². The van der Waals surface area contributed by atoms with Gasteiger partial charge in [-0.05, 0) is 66.7 Å². The van der Waals surface area contributed by atoms with E-state index in [2.05, 4.69) is 54.3 Å². The predicted octanol–water partition coefficient (Wildman–Crippen LogP) is 8.10. The van der Waals surface area contributed by atoms with Crippen molar-refractivity contribution in [3.05, 3.63) is 155 Å². The number of carbonyl (C=O) groups is 2. The molecular formula is C40H25F7N10O2. The van der Waals surface area contributed by atoms with Crippen LogP contribution in [-0.4, -0.2) is 32.0 Å². The summed E-state index contributed by atoms with van der Waals surface area (Å²) >= 11 is 0. The number of halogens is 7. The summed E-state index contributed by atoms with van der Waals surface area (Å²) in [5, 5.41) is 5.41. The number of hydrazine groups is 1. The summed E-state index contributed by atoms with van der Waals surface area (Å²) in [5.41, 5.74) is 7.48. The van der Waals surface area contributed by atoms with Gasteiger partial charge in [-0.1, -0.05) is 47.9 Å². The summed E-state index contributed by atoms with van der Waals surface area (Å²) < 4.78 is 98.5. The highest BCUT2D eigenvalue weighted by Crippen LogP contribution is 2.36. The molecule has 12 nitrogen and oxygen atoms in total. The minimum absolute atomic E-state index is 0.0102. The lowest BCUT2D eigenvalue weighted by Gasteiger charge is -2.35. The molecule has 0 saturated carbocycles. The zero-order chi connectivity index (χ0) is 42.3. The summed E-state index contributed by atoms with van der Waals surface area (Å²) in [6.07, 6.45) is -4.55. The van der Waals surface area contributed by atoms with Crippen molar-refractivity contribution < 1.29 is 40.3 Å². The fourth-order valence-electron chi connectivity index (χ4n) is 5.14. The van der Waals surface area contributed by atoms with Gasteiger partial charge >= 0.3 is 24.4 Å². The van der Waals surface area contributed by atoms with Gasteiger partial charge in [0.25, 0.3) is 0 Å². The third-order valence-electron chi connectivity index (χ3n) is 7.82. The Morgan fingerprint density at radius 3 is 1.47 bits per heavy atom. The van der Waals surface area contributed by atoms with E-state index in [1.54, 1.807) is 0 Å². The summed E-state index contributed by atoms with van der Waals surface area (Å²) in [6.45, 7) is 0. The Kier molecular flexibility index (Phi) is 11.6. The molecule has 19 heteroatoms. The molecule has 0 unspecified atom stereocenters. The normalized spacial score (nSPS) is 11.0. The molecule has 0 fully saturated rings. The Balaban J connectivity index is 1.52. The predicted molar refractivity (Wildman–Crippen MR) is 204 cm³/mol. The first-order valence-electron chi connectivity index (χ1n) is 16.7. The molecular weight excluding hydrogens is 785 g/mol. The highest BCUT2D eigenvalue weighted by atomic mass is 19.4. The van der Waals surface area contributed by atoms with Crippen molar-refractivity contribution in [1.29, 1.82) is 0 Å². The van der Waals surface area contributed by atoms with E-state index in [0.29, 0.717) is 45.4 Å². The lowest BCUT2D eigenvalue weighted by atomic mass is 10.1. The number of aromatic nitrogens is 4. The number of nitrogen functional groups attached to an aromatic ring is 2. The topological polar surface area (TPSA) is 168 Å². The van der Waals surface area contributed by atoms with Crippen molar-refractivity contribution in [2.75, 3.05) is 32.1 Å². The number of rotatable bonds is 4. The van der Waals surface area contributed by atoms with Crippen LogP contribution in [0.2, 0.25) is 0 Å². The summed E-state index contributed by atoms with van der Waals surface area (Å²) in [5.74, 6) is 9.92. The van der Waals surface area contributed by atoms with Crippen LogP contribution in [0.15, 0.2) is 116 Å².